The molecule has 0 aliphatic heterocycles. The molecule has 0 saturated heterocycles. The van der Waals surface area contributed by atoms with Crippen LogP contribution in [0.1, 0.15) is 10.4 Å². The van der Waals surface area contributed by atoms with Crippen molar-refractivity contribution in [1.29, 1.82) is 0 Å². The van der Waals surface area contributed by atoms with Gasteiger partial charge in [-0.3, -0.25) is 0 Å². The molecule has 0 atom stereocenters. The van der Waals surface area contributed by atoms with Crippen LogP contribution in [0.5, 0.6) is 0 Å². The number of halogens is 1. The molecule has 12 heavy (non-hydrogen) atoms. The predicted octanol–water partition coefficient (Wildman–Crippen LogP) is 2.51. The van der Waals surface area contributed by atoms with E-state index in [1.165, 1.54) is 0 Å². The first-order chi connectivity index (χ1) is 5.34. The molecule has 1 rings (SSSR count). The van der Waals surface area contributed by atoms with Gasteiger partial charge in [-0.25, -0.2) is 0 Å². The Balaban J connectivity index is 0.00000121. The molecule has 0 heterocycles. The molecule has 1 aromatic rings. The zero-order valence-corrected chi connectivity index (χ0v) is 12.1. The molecule has 2 nitrogen and oxygen atoms in total. The fourth-order valence-electron chi connectivity index (χ4n) is 0.789. The van der Waals surface area contributed by atoms with Crippen LogP contribution in [0.4, 0.5) is 0 Å². The summed E-state index contributed by atoms with van der Waals surface area (Å²) in [6, 6.07) is 9.07. The van der Waals surface area contributed by atoms with E-state index >= 15 is 0 Å². The normalized spacial score (nSPS) is 7.75. The average molecular weight is 329 g/mol. The SMILES string of the molecule is I.[CH3][Zn][O]C(=O)c1ccccc1. The second-order valence-electron chi connectivity index (χ2n) is 2.09. The maximum absolute atomic E-state index is 11.1. The molecule has 0 bridgehead atoms. The average Bonchev–Trinajstić information content (AvgIpc) is 2.07. The Hall–Kier alpha value is 0.0434. The van der Waals surface area contributed by atoms with Crippen LogP contribution in [-0.2, 0) is 21.1 Å². The van der Waals surface area contributed by atoms with E-state index in [4.69, 9.17) is 3.56 Å². The number of carbonyl (C=O) groups excluding carboxylic acids is 1. The summed E-state index contributed by atoms with van der Waals surface area (Å²) >= 11 is -0.995. The molecule has 62 valence electrons. The van der Waals surface area contributed by atoms with Gasteiger partial charge in [0.05, 0.1) is 0 Å². The summed E-state index contributed by atoms with van der Waals surface area (Å²) in [4.78, 5) is 11.1. The molecule has 0 aliphatic rings. The molecular formula is C8H9IO2Zn. The van der Waals surface area contributed by atoms with E-state index in [9.17, 15) is 4.79 Å². The van der Waals surface area contributed by atoms with Crippen LogP contribution in [0, 0.1) is 0 Å². The second kappa shape index (κ2) is 6.55. The first kappa shape index (κ1) is 12.0. The van der Waals surface area contributed by atoms with Crippen LogP contribution >= 0.6 is 24.0 Å². The molecule has 0 aromatic heterocycles. The van der Waals surface area contributed by atoms with Gasteiger partial charge in [-0.2, -0.15) is 0 Å². The van der Waals surface area contributed by atoms with Crippen molar-refractivity contribution in [3.8, 4) is 0 Å². The predicted molar refractivity (Wildman–Crippen MR) is 53.1 cm³/mol. The fraction of sp³-hybridized carbons (Fsp3) is 0.125. The van der Waals surface area contributed by atoms with Crippen LogP contribution in [0.15, 0.2) is 30.3 Å². The monoisotopic (exact) mass is 328 g/mol. The van der Waals surface area contributed by atoms with Crippen molar-refractivity contribution >= 4 is 29.9 Å². The summed E-state index contributed by atoms with van der Waals surface area (Å²) in [5.41, 5.74) is 2.63. The second-order valence-corrected chi connectivity index (χ2v) is 3.90. The molecule has 0 amide bonds. The van der Waals surface area contributed by atoms with E-state index in [-0.39, 0.29) is 29.9 Å². The first-order valence-corrected chi connectivity index (χ1v) is 7.74. The Labute approximate surface area is 96.7 Å². The van der Waals surface area contributed by atoms with Crippen LogP contribution in [0.2, 0.25) is 5.52 Å². The molecule has 0 N–H and O–H groups in total. The van der Waals surface area contributed by atoms with Crippen molar-refractivity contribution in [2.24, 2.45) is 0 Å². The van der Waals surface area contributed by atoms with Gasteiger partial charge in [-0.05, 0) is 0 Å². The van der Waals surface area contributed by atoms with Crippen molar-refractivity contribution in [2.45, 2.75) is 5.52 Å². The number of hydrogen-bond acceptors (Lipinski definition) is 2. The Kier molecular flexibility index (Phi) is 6.57. The van der Waals surface area contributed by atoms with E-state index in [0.29, 0.717) is 5.56 Å². The van der Waals surface area contributed by atoms with Crippen molar-refractivity contribution < 1.29 is 25.8 Å². The molecule has 0 unspecified atom stereocenters. The van der Waals surface area contributed by atoms with Gasteiger partial charge >= 0.3 is 73.2 Å². The minimum absolute atomic E-state index is 0. The Morgan fingerprint density at radius 1 is 1.33 bits per heavy atom. The molecule has 1 aromatic carbocycles. The number of hydrogen-bond donors (Lipinski definition) is 0. The minimum atomic E-state index is -0.995. The molecule has 0 saturated carbocycles. The number of rotatable bonds is 2. The summed E-state index contributed by atoms with van der Waals surface area (Å²) in [6.45, 7) is 0. The third-order valence-electron chi connectivity index (χ3n) is 1.28. The van der Waals surface area contributed by atoms with Crippen LogP contribution in [-0.4, -0.2) is 5.97 Å². The standard InChI is InChI=1S/C7H6O2.CH3.HI.Zn/c8-7(9)6-4-2-1-3-5-6;;;/h1-5H,(H,8,9);1H3;1H;/q;;;+1/p-1. The van der Waals surface area contributed by atoms with Crippen molar-refractivity contribution in [3.63, 3.8) is 0 Å². The molecule has 4 heteroatoms. The van der Waals surface area contributed by atoms with Crippen molar-refractivity contribution in [3.05, 3.63) is 35.9 Å². The molecule has 0 fully saturated rings. The zero-order chi connectivity index (χ0) is 8.10. The fourth-order valence-corrected chi connectivity index (χ4v) is 1.69. The van der Waals surface area contributed by atoms with E-state index in [1.54, 1.807) is 12.1 Å². The van der Waals surface area contributed by atoms with Gasteiger partial charge in [-0.15, -0.1) is 24.0 Å². The van der Waals surface area contributed by atoms with Gasteiger partial charge in [0.15, 0.2) is 0 Å². The van der Waals surface area contributed by atoms with Gasteiger partial charge in [0.25, 0.3) is 0 Å². The number of carbonyl (C=O) groups is 1. The third kappa shape index (κ3) is 3.63. The van der Waals surface area contributed by atoms with E-state index in [0.717, 1.165) is 0 Å². The van der Waals surface area contributed by atoms with Crippen LogP contribution in [0.3, 0.4) is 0 Å². The van der Waals surface area contributed by atoms with Gasteiger partial charge in [-0.1, -0.05) is 0 Å². The first-order valence-electron chi connectivity index (χ1n) is 3.56. The summed E-state index contributed by atoms with van der Waals surface area (Å²) < 4.78 is 4.98. The summed E-state index contributed by atoms with van der Waals surface area (Å²) in [5, 5.41) is 0. The molecule has 0 aliphatic carbocycles. The van der Waals surface area contributed by atoms with Crippen LogP contribution < -0.4 is 0 Å². The Morgan fingerprint density at radius 3 is 2.42 bits per heavy atom. The quantitative estimate of drug-likeness (QED) is 0.616. The molecule has 0 radical (unpaired) electrons. The van der Waals surface area contributed by atoms with Gasteiger partial charge in [0.1, 0.15) is 0 Å². The van der Waals surface area contributed by atoms with Crippen molar-refractivity contribution in [2.75, 3.05) is 0 Å². The summed E-state index contributed by atoms with van der Waals surface area (Å²) in [7, 11) is 0. The Bertz CT molecular complexity index is 238. The summed E-state index contributed by atoms with van der Waals surface area (Å²) in [5.74, 6) is -0.173. The molecule has 0 spiro atoms. The maximum atomic E-state index is 11.1. The van der Waals surface area contributed by atoms with Gasteiger partial charge in [0.2, 0.25) is 0 Å². The van der Waals surface area contributed by atoms with Crippen molar-refractivity contribution in [1.82, 2.24) is 0 Å². The van der Waals surface area contributed by atoms with Gasteiger partial charge in [0, 0.05) is 0 Å². The topological polar surface area (TPSA) is 26.3 Å². The van der Waals surface area contributed by atoms with Gasteiger partial charge < -0.3 is 0 Å². The van der Waals surface area contributed by atoms with E-state index < -0.39 is 17.5 Å². The van der Waals surface area contributed by atoms with E-state index in [1.807, 2.05) is 23.7 Å². The zero-order valence-electron chi connectivity index (χ0n) is 6.82. The third-order valence-corrected chi connectivity index (χ3v) is 2.44. The van der Waals surface area contributed by atoms with E-state index in [2.05, 4.69) is 0 Å². The summed E-state index contributed by atoms with van der Waals surface area (Å²) in [6.07, 6.45) is 0. The Morgan fingerprint density at radius 2 is 1.92 bits per heavy atom. The molecular weight excluding hydrogens is 320 g/mol. The number of benzene rings is 1. The van der Waals surface area contributed by atoms with Crippen LogP contribution in [0.25, 0.3) is 0 Å².